The Balaban J connectivity index is 1.28. The highest BCUT2D eigenvalue weighted by atomic mass is 32.1. The normalized spacial score (nSPS) is 16.4. The van der Waals surface area contributed by atoms with Crippen LogP contribution in [0.1, 0.15) is 29.1 Å². The Morgan fingerprint density at radius 1 is 1.26 bits per heavy atom. The molecule has 140 valence electrons. The third-order valence-corrected chi connectivity index (χ3v) is 4.95. The Kier molecular flexibility index (Phi) is 5.45. The summed E-state index contributed by atoms with van der Waals surface area (Å²) in [6, 6.07) is 10.6. The lowest BCUT2D eigenvalue weighted by molar-refractivity contribution is 0.0429. The average Bonchev–Trinajstić information content (AvgIpc) is 3.47. The van der Waals surface area contributed by atoms with Crippen LogP contribution < -0.4 is 4.74 Å². The van der Waals surface area contributed by atoms with Crippen LogP contribution in [0.4, 0.5) is 0 Å². The predicted octanol–water partition coefficient (Wildman–Crippen LogP) is 3.71. The van der Waals surface area contributed by atoms with Crippen molar-refractivity contribution in [1.82, 2.24) is 10.1 Å². The van der Waals surface area contributed by atoms with Crippen LogP contribution >= 0.6 is 11.3 Å². The highest BCUT2D eigenvalue weighted by Gasteiger charge is 2.16. The van der Waals surface area contributed by atoms with E-state index in [1.54, 1.807) is 24.3 Å². The van der Waals surface area contributed by atoms with Gasteiger partial charge < -0.3 is 18.7 Å². The number of aromatic nitrogens is 2. The maximum atomic E-state index is 12.2. The maximum absolute atomic E-state index is 12.2. The lowest BCUT2D eigenvalue weighted by Gasteiger charge is -2.11. The van der Waals surface area contributed by atoms with E-state index in [1.807, 2.05) is 17.5 Å². The van der Waals surface area contributed by atoms with Crippen LogP contribution in [0.15, 0.2) is 46.3 Å². The standard InChI is InChI=1S/C19H18N2O5S/c22-19(25-12-17-20-18(21-26-17)16-4-2-10-27-16)13-5-7-14(8-6-13)24-11-15-3-1-9-23-15/h2,4-8,10,15H,1,3,9,11-12H2/t15-/m1/s1. The van der Waals surface area contributed by atoms with Crippen LogP contribution in [0.25, 0.3) is 10.7 Å². The number of esters is 1. The fourth-order valence-electron chi connectivity index (χ4n) is 2.68. The summed E-state index contributed by atoms with van der Waals surface area (Å²) >= 11 is 1.51. The van der Waals surface area contributed by atoms with Gasteiger partial charge in [0.05, 0.1) is 16.5 Å². The van der Waals surface area contributed by atoms with Crippen LogP contribution in [0.2, 0.25) is 0 Å². The first kappa shape index (κ1) is 17.7. The smallest absolute Gasteiger partial charge is 0.338 e. The van der Waals surface area contributed by atoms with Crippen LogP contribution in [-0.2, 0) is 16.1 Å². The molecule has 0 amide bonds. The van der Waals surface area contributed by atoms with Gasteiger partial charge in [-0.2, -0.15) is 4.98 Å². The molecule has 4 rings (SSSR count). The molecule has 1 aliphatic rings. The van der Waals surface area contributed by atoms with Crippen molar-refractivity contribution in [3.63, 3.8) is 0 Å². The number of thiophene rings is 1. The van der Waals surface area contributed by atoms with E-state index >= 15 is 0 Å². The average molecular weight is 386 g/mol. The van der Waals surface area contributed by atoms with E-state index in [9.17, 15) is 4.79 Å². The van der Waals surface area contributed by atoms with E-state index in [-0.39, 0.29) is 18.6 Å². The number of hydrogen-bond donors (Lipinski definition) is 0. The van der Waals surface area contributed by atoms with Gasteiger partial charge in [0.2, 0.25) is 5.82 Å². The summed E-state index contributed by atoms with van der Waals surface area (Å²) in [6.07, 6.45) is 2.25. The molecule has 3 aromatic rings. The SMILES string of the molecule is O=C(OCc1nc(-c2cccs2)no1)c1ccc(OC[C@H]2CCCO2)cc1. The van der Waals surface area contributed by atoms with Crippen LogP contribution in [-0.4, -0.2) is 35.4 Å². The molecule has 1 aliphatic heterocycles. The number of carbonyl (C=O) groups is 1. The number of hydrogen-bond acceptors (Lipinski definition) is 8. The highest BCUT2D eigenvalue weighted by Crippen LogP contribution is 2.21. The molecule has 0 spiro atoms. The number of rotatable bonds is 7. The monoisotopic (exact) mass is 386 g/mol. The number of nitrogens with zero attached hydrogens (tertiary/aromatic N) is 2. The van der Waals surface area contributed by atoms with Crippen molar-refractivity contribution < 1.29 is 23.5 Å². The van der Waals surface area contributed by atoms with Gasteiger partial charge >= 0.3 is 5.97 Å². The van der Waals surface area contributed by atoms with Crippen molar-refractivity contribution >= 4 is 17.3 Å². The summed E-state index contributed by atoms with van der Waals surface area (Å²) in [5, 5.41) is 5.81. The molecule has 0 aliphatic carbocycles. The molecule has 7 nitrogen and oxygen atoms in total. The third kappa shape index (κ3) is 4.53. The molecule has 0 saturated carbocycles. The second kappa shape index (κ2) is 8.32. The van der Waals surface area contributed by atoms with Gasteiger partial charge in [0.15, 0.2) is 6.61 Å². The van der Waals surface area contributed by atoms with E-state index in [0.29, 0.717) is 23.7 Å². The fraction of sp³-hybridized carbons (Fsp3) is 0.316. The minimum atomic E-state index is -0.462. The van der Waals surface area contributed by atoms with Crippen molar-refractivity contribution in [1.29, 1.82) is 0 Å². The first-order valence-corrected chi connectivity index (χ1v) is 9.54. The summed E-state index contributed by atoms with van der Waals surface area (Å²) in [6.45, 7) is 1.25. The number of carbonyl (C=O) groups excluding carboxylic acids is 1. The molecule has 0 N–H and O–H groups in total. The quantitative estimate of drug-likeness (QED) is 0.572. The zero-order chi connectivity index (χ0) is 18.5. The summed E-state index contributed by atoms with van der Waals surface area (Å²) in [5.74, 6) is 0.975. The lowest BCUT2D eigenvalue weighted by atomic mass is 10.2. The Hall–Kier alpha value is -2.71. The van der Waals surface area contributed by atoms with E-state index in [0.717, 1.165) is 24.3 Å². The molecule has 0 unspecified atom stereocenters. The van der Waals surface area contributed by atoms with Crippen molar-refractivity contribution in [2.75, 3.05) is 13.2 Å². The van der Waals surface area contributed by atoms with Gasteiger partial charge in [-0.25, -0.2) is 4.79 Å². The second-order valence-corrected chi connectivity index (χ2v) is 6.98. The Morgan fingerprint density at radius 3 is 2.89 bits per heavy atom. The summed E-state index contributed by atoms with van der Waals surface area (Å²) in [7, 11) is 0. The van der Waals surface area contributed by atoms with Crippen LogP contribution in [0.3, 0.4) is 0 Å². The van der Waals surface area contributed by atoms with Crippen LogP contribution in [0, 0.1) is 0 Å². The Labute approximate surface area is 159 Å². The molecular formula is C19H18N2O5S. The zero-order valence-corrected chi connectivity index (χ0v) is 15.3. The molecule has 8 heteroatoms. The molecule has 3 heterocycles. The molecule has 1 aromatic carbocycles. The Morgan fingerprint density at radius 2 is 2.15 bits per heavy atom. The van der Waals surface area contributed by atoms with Gasteiger partial charge in [-0.05, 0) is 48.6 Å². The number of benzene rings is 1. The molecule has 0 bridgehead atoms. The van der Waals surface area contributed by atoms with Gasteiger partial charge in [0, 0.05) is 6.61 Å². The molecular weight excluding hydrogens is 368 g/mol. The first-order valence-electron chi connectivity index (χ1n) is 8.66. The molecule has 1 saturated heterocycles. The van der Waals surface area contributed by atoms with Gasteiger partial charge in [-0.1, -0.05) is 11.2 Å². The van der Waals surface area contributed by atoms with Crippen molar-refractivity contribution in [2.45, 2.75) is 25.6 Å². The topological polar surface area (TPSA) is 83.7 Å². The predicted molar refractivity (Wildman–Crippen MR) is 97.6 cm³/mol. The van der Waals surface area contributed by atoms with Crippen molar-refractivity contribution in [3.05, 3.63) is 53.2 Å². The van der Waals surface area contributed by atoms with E-state index in [2.05, 4.69) is 10.1 Å². The molecule has 0 radical (unpaired) electrons. The second-order valence-electron chi connectivity index (χ2n) is 6.04. The van der Waals surface area contributed by atoms with Gasteiger partial charge in [-0.15, -0.1) is 11.3 Å². The summed E-state index contributed by atoms with van der Waals surface area (Å²) < 4.78 is 21.5. The largest absolute Gasteiger partial charge is 0.491 e. The fourth-order valence-corrected chi connectivity index (χ4v) is 3.33. The minimum absolute atomic E-state index is 0.0749. The van der Waals surface area contributed by atoms with Crippen molar-refractivity contribution in [3.8, 4) is 16.5 Å². The lowest BCUT2D eigenvalue weighted by Crippen LogP contribution is -2.16. The minimum Gasteiger partial charge on any atom is -0.491 e. The molecule has 27 heavy (non-hydrogen) atoms. The molecule has 1 fully saturated rings. The zero-order valence-electron chi connectivity index (χ0n) is 14.5. The van der Waals surface area contributed by atoms with Gasteiger partial charge in [0.25, 0.3) is 5.89 Å². The molecule has 2 aromatic heterocycles. The number of ether oxygens (including phenoxy) is 3. The van der Waals surface area contributed by atoms with Crippen LogP contribution in [0.5, 0.6) is 5.75 Å². The van der Waals surface area contributed by atoms with Gasteiger partial charge in [0.1, 0.15) is 12.4 Å². The van der Waals surface area contributed by atoms with Crippen molar-refractivity contribution in [2.24, 2.45) is 0 Å². The van der Waals surface area contributed by atoms with E-state index in [1.165, 1.54) is 11.3 Å². The van der Waals surface area contributed by atoms with E-state index in [4.69, 9.17) is 18.7 Å². The highest BCUT2D eigenvalue weighted by molar-refractivity contribution is 7.13. The maximum Gasteiger partial charge on any atom is 0.338 e. The van der Waals surface area contributed by atoms with E-state index < -0.39 is 5.97 Å². The summed E-state index contributed by atoms with van der Waals surface area (Å²) in [4.78, 5) is 17.3. The summed E-state index contributed by atoms with van der Waals surface area (Å²) in [5.41, 5.74) is 0.428. The third-order valence-electron chi connectivity index (χ3n) is 4.09. The van der Waals surface area contributed by atoms with Gasteiger partial charge in [-0.3, -0.25) is 0 Å². The first-order chi connectivity index (χ1) is 13.3. The Bertz CT molecular complexity index is 870. The molecule has 1 atom stereocenters.